The van der Waals surface area contributed by atoms with E-state index in [1.165, 1.54) is 0 Å². The van der Waals surface area contributed by atoms with E-state index in [-0.39, 0.29) is 26.2 Å². The number of nitrogens with one attached hydrogen (secondary N) is 1. The smallest absolute Gasteiger partial charge is 0.404 e. The van der Waals surface area contributed by atoms with Crippen LogP contribution in [0.25, 0.3) is 0 Å². The van der Waals surface area contributed by atoms with Crippen molar-refractivity contribution in [3.63, 3.8) is 0 Å². The minimum atomic E-state index is -1.11. The predicted octanol–water partition coefficient (Wildman–Crippen LogP) is -0.255. The number of rotatable bonds is 6. The first-order chi connectivity index (χ1) is 5.63. The first-order valence-corrected chi connectivity index (χ1v) is 3.39. The standard InChI is InChI=1S/C6H11NO5/c8-5(9)1-3-12-4-2-7-6(10)11/h7H,1-4H2,(H,8,9)(H,10,11). The van der Waals surface area contributed by atoms with E-state index in [9.17, 15) is 9.59 Å². The van der Waals surface area contributed by atoms with E-state index in [2.05, 4.69) is 5.32 Å². The third-order valence-corrected chi connectivity index (χ3v) is 0.983. The minimum absolute atomic E-state index is 0.0624. The van der Waals surface area contributed by atoms with Gasteiger partial charge in [-0.15, -0.1) is 0 Å². The molecule has 0 aromatic heterocycles. The predicted molar refractivity (Wildman–Crippen MR) is 39.1 cm³/mol. The first-order valence-electron chi connectivity index (χ1n) is 3.39. The van der Waals surface area contributed by atoms with Gasteiger partial charge in [0, 0.05) is 6.54 Å². The molecular formula is C6H11NO5. The Hall–Kier alpha value is -1.30. The summed E-state index contributed by atoms with van der Waals surface area (Å²) in [6, 6.07) is 0. The molecule has 0 fully saturated rings. The molecule has 0 aromatic rings. The van der Waals surface area contributed by atoms with Gasteiger partial charge in [-0.25, -0.2) is 4.79 Å². The maximum Gasteiger partial charge on any atom is 0.404 e. The van der Waals surface area contributed by atoms with Gasteiger partial charge in [0.05, 0.1) is 19.6 Å². The Balaban J connectivity index is 3.01. The van der Waals surface area contributed by atoms with Gasteiger partial charge in [0.1, 0.15) is 0 Å². The molecule has 0 saturated heterocycles. The van der Waals surface area contributed by atoms with Crippen molar-refractivity contribution in [1.82, 2.24) is 5.32 Å². The Bertz CT molecular complexity index is 140. The maximum absolute atomic E-state index is 9.95. The van der Waals surface area contributed by atoms with Crippen molar-refractivity contribution in [3.05, 3.63) is 0 Å². The monoisotopic (exact) mass is 177 g/mol. The molecule has 0 rings (SSSR count). The van der Waals surface area contributed by atoms with Crippen molar-refractivity contribution < 1.29 is 24.5 Å². The SMILES string of the molecule is O=C(O)CCOCCNC(=O)O. The minimum Gasteiger partial charge on any atom is -0.481 e. The van der Waals surface area contributed by atoms with Crippen LogP contribution in [-0.2, 0) is 9.53 Å². The second kappa shape index (κ2) is 6.41. The molecule has 0 aliphatic carbocycles. The number of carbonyl (C=O) groups is 2. The van der Waals surface area contributed by atoms with Gasteiger partial charge in [0.25, 0.3) is 0 Å². The molecule has 1 amide bonds. The molecule has 6 nitrogen and oxygen atoms in total. The average molecular weight is 177 g/mol. The molecular weight excluding hydrogens is 166 g/mol. The third kappa shape index (κ3) is 8.70. The number of hydrogen-bond acceptors (Lipinski definition) is 3. The van der Waals surface area contributed by atoms with Crippen LogP contribution in [0.15, 0.2) is 0 Å². The van der Waals surface area contributed by atoms with Crippen molar-refractivity contribution in [2.75, 3.05) is 19.8 Å². The van der Waals surface area contributed by atoms with E-state index >= 15 is 0 Å². The zero-order valence-electron chi connectivity index (χ0n) is 6.45. The van der Waals surface area contributed by atoms with Crippen molar-refractivity contribution >= 4 is 12.1 Å². The van der Waals surface area contributed by atoms with E-state index < -0.39 is 12.1 Å². The van der Waals surface area contributed by atoms with Crippen LogP contribution in [0.5, 0.6) is 0 Å². The van der Waals surface area contributed by atoms with Crippen LogP contribution in [0.3, 0.4) is 0 Å². The van der Waals surface area contributed by atoms with Crippen LogP contribution < -0.4 is 5.32 Å². The van der Waals surface area contributed by atoms with Crippen LogP contribution in [-0.4, -0.2) is 42.0 Å². The number of carboxylic acids is 1. The lowest BCUT2D eigenvalue weighted by molar-refractivity contribution is -0.138. The zero-order valence-corrected chi connectivity index (χ0v) is 6.45. The van der Waals surface area contributed by atoms with Crippen molar-refractivity contribution in [2.45, 2.75) is 6.42 Å². The van der Waals surface area contributed by atoms with Crippen LogP contribution >= 0.6 is 0 Å². The van der Waals surface area contributed by atoms with E-state index in [1.54, 1.807) is 0 Å². The molecule has 0 bridgehead atoms. The van der Waals surface area contributed by atoms with E-state index in [0.717, 1.165) is 0 Å². The summed E-state index contributed by atoms with van der Waals surface area (Å²) in [6.45, 7) is 0.477. The highest BCUT2D eigenvalue weighted by Crippen LogP contribution is 1.81. The second-order valence-electron chi connectivity index (χ2n) is 1.99. The number of ether oxygens (including phenoxy) is 1. The zero-order chi connectivity index (χ0) is 9.40. The van der Waals surface area contributed by atoms with Crippen molar-refractivity contribution in [1.29, 1.82) is 0 Å². The number of amides is 1. The molecule has 0 heterocycles. The highest BCUT2D eigenvalue weighted by Gasteiger charge is 1.96. The normalized spacial score (nSPS) is 9.33. The third-order valence-electron chi connectivity index (χ3n) is 0.983. The average Bonchev–Trinajstić information content (AvgIpc) is 1.95. The molecule has 0 aliphatic heterocycles. The van der Waals surface area contributed by atoms with E-state index in [0.29, 0.717) is 0 Å². The summed E-state index contributed by atoms with van der Waals surface area (Å²) in [5, 5.41) is 18.3. The Morgan fingerprint density at radius 1 is 1.25 bits per heavy atom. The second-order valence-corrected chi connectivity index (χ2v) is 1.99. The van der Waals surface area contributed by atoms with E-state index in [4.69, 9.17) is 14.9 Å². The highest BCUT2D eigenvalue weighted by atomic mass is 16.5. The van der Waals surface area contributed by atoms with Crippen LogP contribution in [0.1, 0.15) is 6.42 Å². The fraction of sp³-hybridized carbons (Fsp3) is 0.667. The summed E-state index contributed by atoms with van der Waals surface area (Å²) in [4.78, 5) is 19.8. The van der Waals surface area contributed by atoms with Crippen LogP contribution in [0.4, 0.5) is 4.79 Å². The molecule has 0 unspecified atom stereocenters. The fourth-order valence-corrected chi connectivity index (χ4v) is 0.492. The molecule has 6 heteroatoms. The summed E-state index contributed by atoms with van der Waals surface area (Å²) in [5.41, 5.74) is 0. The highest BCUT2D eigenvalue weighted by molar-refractivity contribution is 5.66. The Kier molecular flexibility index (Phi) is 5.72. The van der Waals surface area contributed by atoms with Gasteiger partial charge < -0.3 is 20.3 Å². The fourth-order valence-electron chi connectivity index (χ4n) is 0.492. The van der Waals surface area contributed by atoms with Crippen LogP contribution in [0.2, 0.25) is 0 Å². The molecule has 0 saturated carbocycles. The first kappa shape index (κ1) is 10.7. The molecule has 0 aliphatic rings. The summed E-state index contributed by atoms with van der Waals surface area (Å²) < 4.78 is 4.79. The summed E-state index contributed by atoms with van der Waals surface area (Å²) in [6.07, 6.45) is -1.18. The summed E-state index contributed by atoms with van der Waals surface area (Å²) in [5.74, 6) is -0.929. The molecule has 12 heavy (non-hydrogen) atoms. The summed E-state index contributed by atoms with van der Waals surface area (Å²) >= 11 is 0. The van der Waals surface area contributed by atoms with Crippen LogP contribution in [0, 0.1) is 0 Å². The van der Waals surface area contributed by atoms with Gasteiger partial charge in [-0.05, 0) is 0 Å². The van der Waals surface area contributed by atoms with Crippen molar-refractivity contribution in [3.8, 4) is 0 Å². The number of carboxylic acid groups (broad SMARTS) is 2. The van der Waals surface area contributed by atoms with Gasteiger partial charge in [-0.3, -0.25) is 4.79 Å². The number of hydrogen-bond donors (Lipinski definition) is 3. The Labute approximate surface area is 69.1 Å². The Morgan fingerprint density at radius 2 is 1.92 bits per heavy atom. The van der Waals surface area contributed by atoms with Gasteiger partial charge in [0.15, 0.2) is 0 Å². The molecule has 0 spiro atoms. The summed E-state index contributed by atoms with van der Waals surface area (Å²) in [7, 11) is 0. The quantitative estimate of drug-likeness (QED) is 0.486. The largest absolute Gasteiger partial charge is 0.481 e. The molecule has 0 aromatic carbocycles. The Morgan fingerprint density at radius 3 is 2.42 bits per heavy atom. The van der Waals surface area contributed by atoms with Crippen molar-refractivity contribution in [2.24, 2.45) is 0 Å². The molecule has 0 radical (unpaired) electrons. The molecule has 3 N–H and O–H groups in total. The van der Waals surface area contributed by atoms with Gasteiger partial charge in [0.2, 0.25) is 0 Å². The van der Waals surface area contributed by atoms with Gasteiger partial charge in [-0.2, -0.15) is 0 Å². The maximum atomic E-state index is 9.95. The van der Waals surface area contributed by atoms with Gasteiger partial charge in [-0.1, -0.05) is 0 Å². The van der Waals surface area contributed by atoms with E-state index in [1.807, 2.05) is 0 Å². The topological polar surface area (TPSA) is 95.9 Å². The van der Waals surface area contributed by atoms with Gasteiger partial charge >= 0.3 is 12.1 Å². The lowest BCUT2D eigenvalue weighted by Crippen LogP contribution is -2.25. The molecule has 0 atom stereocenters. The molecule has 70 valence electrons. The number of aliphatic carboxylic acids is 1. The lowest BCUT2D eigenvalue weighted by Gasteiger charge is -2.01. The lowest BCUT2D eigenvalue weighted by atomic mass is 10.5.